The zero-order valence-corrected chi connectivity index (χ0v) is 10.4. The van der Waals surface area contributed by atoms with Gasteiger partial charge in [0.2, 0.25) is 0 Å². The summed E-state index contributed by atoms with van der Waals surface area (Å²) in [5.41, 5.74) is 0.284. The van der Waals surface area contributed by atoms with E-state index in [1.54, 1.807) is 13.8 Å². The van der Waals surface area contributed by atoms with Crippen molar-refractivity contribution in [2.75, 3.05) is 13.2 Å². The number of hydrogen-bond donors (Lipinski definition) is 0. The highest BCUT2D eigenvalue weighted by Gasteiger charge is 2.14. The molecule has 0 radical (unpaired) electrons. The Balaban J connectivity index is 3.69. The minimum Gasteiger partial charge on any atom is -0.462 e. The van der Waals surface area contributed by atoms with Crippen LogP contribution in [0.1, 0.15) is 27.2 Å². The van der Waals surface area contributed by atoms with Gasteiger partial charge in [-0.1, -0.05) is 20.4 Å². The minimum absolute atomic E-state index is 0.0344. The summed E-state index contributed by atoms with van der Waals surface area (Å²) in [5.74, 6) is -1.49. The quantitative estimate of drug-likeness (QED) is 0.291. The fourth-order valence-corrected chi connectivity index (χ4v) is 0.810. The van der Waals surface area contributed by atoms with E-state index in [0.29, 0.717) is 0 Å². The Hall–Kier alpha value is -1.65. The largest absolute Gasteiger partial charge is 0.462 e. The maximum atomic E-state index is 11.2. The van der Waals surface area contributed by atoms with Crippen molar-refractivity contribution in [1.82, 2.24) is 0 Å². The lowest BCUT2D eigenvalue weighted by Crippen LogP contribution is -2.18. The third-order valence-electron chi connectivity index (χ3n) is 1.89. The summed E-state index contributed by atoms with van der Waals surface area (Å²) in [6.45, 7) is 8.26. The molecule has 0 rings (SSSR count). The molecule has 96 valence electrons. The van der Waals surface area contributed by atoms with Gasteiger partial charge < -0.3 is 9.47 Å². The number of ether oxygens (including phenoxy) is 2. The zero-order valence-electron chi connectivity index (χ0n) is 10.4. The summed E-state index contributed by atoms with van der Waals surface area (Å²) < 4.78 is 9.43. The van der Waals surface area contributed by atoms with Crippen molar-refractivity contribution in [3.63, 3.8) is 0 Å². The monoisotopic (exact) mass is 242 g/mol. The Morgan fingerprint density at radius 1 is 1.12 bits per heavy atom. The Labute approximate surface area is 101 Å². The first-order valence-electron chi connectivity index (χ1n) is 5.35. The molecule has 0 saturated carbocycles. The standard InChI is InChI=1S/C12H18O5/c1-8(2)10(13)7-11(14)16-5-6-17-12(15)9(3)4/h8H,3,5-7H2,1-2,4H3. The Morgan fingerprint density at radius 2 is 1.65 bits per heavy atom. The molecule has 0 aromatic carbocycles. The molecule has 0 saturated heterocycles. The highest BCUT2D eigenvalue weighted by molar-refractivity contribution is 5.96. The van der Waals surface area contributed by atoms with Crippen molar-refractivity contribution >= 4 is 17.7 Å². The lowest BCUT2D eigenvalue weighted by Gasteiger charge is -2.06. The number of carbonyl (C=O) groups is 3. The second-order valence-electron chi connectivity index (χ2n) is 3.93. The third kappa shape index (κ3) is 7.27. The second kappa shape index (κ2) is 7.60. The summed E-state index contributed by atoms with van der Waals surface area (Å²) in [4.78, 5) is 33.3. The molecule has 0 aromatic heterocycles. The van der Waals surface area contributed by atoms with E-state index in [9.17, 15) is 14.4 Å². The molecule has 0 unspecified atom stereocenters. The molecule has 5 heteroatoms. The van der Waals surface area contributed by atoms with Gasteiger partial charge in [0.05, 0.1) is 0 Å². The molecule has 0 aliphatic carbocycles. The molecular weight excluding hydrogens is 224 g/mol. The maximum Gasteiger partial charge on any atom is 0.333 e. The highest BCUT2D eigenvalue weighted by Crippen LogP contribution is 2.00. The molecule has 0 spiro atoms. The molecule has 0 atom stereocenters. The van der Waals surface area contributed by atoms with Crippen molar-refractivity contribution in [2.24, 2.45) is 5.92 Å². The van der Waals surface area contributed by atoms with Crippen molar-refractivity contribution in [2.45, 2.75) is 27.2 Å². The van der Waals surface area contributed by atoms with Crippen molar-refractivity contribution in [1.29, 1.82) is 0 Å². The summed E-state index contributed by atoms with van der Waals surface area (Å²) in [5, 5.41) is 0. The smallest absolute Gasteiger partial charge is 0.333 e. The van der Waals surface area contributed by atoms with E-state index >= 15 is 0 Å². The summed E-state index contributed by atoms with van der Waals surface area (Å²) in [6, 6.07) is 0. The van der Waals surface area contributed by atoms with Gasteiger partial charge in [-0.25, -0.2) is 4.79 Å². The average molecular weight is 242 g/mol. The maximum absolute atomic E-state index is 11.2. The molecule has 0 bridgehead atoms. The van der Waals surface area contributed by atoms with Crippen LogP contribution in [-0.4, -0.2) is 30.9 Å². The number of carbonyl (C=O) groups excluding carboxylic acids is 3. The van der Waals surface area contributed by atoms with Gasteiger partial charge in [-0.15, -0.1) is 0 Å². The van der Waals surface area contributed by atoms with Gasteiger partial charge in [0.25, 0.3) is 0 Å². The minimum atomic E-state index is -0.602. The first-order valence-corrected chi connectivity index (χ1v) is 5.35. The van der Waals surface area contributed by atoms with Crippen molar-refractivity contribution in [3.8, 4) is 0 Å². The first-order chi connectivity index (χ1) is 7.84. The summed E-state index contributed by atoms with van der Waals surface area (Å²) in [6.07, 6.45) is -0.244. The van der Waals surface area contributed by atoms with Gasteiger partial charge in [-0.3, -0.25) is 9.59 Å². The average Bonchev–Trinajstić information content (AvgIpc) is 2.23. The van der Waals surface area contributed by atoms with Crippen LogP contribution in [-0.2, 0) is 23.9 Å². The summed E-state index contributed by atoms with van der Waals surface area (Å²) >= 11 is 0. The molecule has 0 fully saturated rings. The van der Waals surface area contributed by atoms with Crippen LogP contribution in [0.4, 0.5) is 0 Å². The predicted molar refractivity (Wildman–Crippen MR) is 61.2 cm³/mol. The Morgan fingerprint density at radius 3 is 2.12 bits per heavy atom. The second-order valence-corrected chi connectivity index (χ2v) is 3.93. The van der Waals surface area contributed by atoms with E-state index < -0.39 is 11.9 Å². The normalized spacial score (nSPS) is 9.88. The van der Waals surface area contributed by atoms with Crippen LogP contribution >= 0.6 is 0 Å². The van der Waals surface area contributed by atoms with Gasteiger partial charge >= 0.3 is 11.9 Å². The first kappa shape index (κ1) is 15.3. The van der Waals surface area contributed by atoms with E-state index in [0.717, 1.165) is 0 Å². The molecular formula is C12H18O5. The van der Waals surface area contributed by atoms with Crippen molar-refractivity contribution < 1.29 is 23.9 Å². The Kier molecular flexibility index (Phi) is 6.86. The van der Waals surface area contributed by atoms with Crippen LogP contribution in [0, 0.1) is 5.92 Å². The fourth-order valence-electron chi connectivity index (χ4n) is 0.810. The lowest BCUT2D eigenvalue weighted by atomic mass is 10.1. The lowest BCUT2D eigenvalue weighted by molar-refractivity contribution is -0.151. The molecule has 0 N–H and O–H groups in total. The van der Waals surface area contributed by atoms with E-state index in [2.05, 4.69) is 6.58 Å². The predicted octanol–water partition coefficient (Wildman–Crippen LogP) is 1.26. The van der Waals surface area contributed by atoms with Crippen LogP contribution in [0.3, 0.4) is 0 Å². The van der Waals surface area contributed by atoms with Crippen LogP contribution in [0.2, 0.25) is 0 Å². The number of Topliss-reactive ketones (excluding diaryl/α,β-unsaturated/α-hetero) is 1. The molecule has 0 amide bonds. The molecule has 17 heavy (non-hydrogen) atoms. The molecule has 0 aromatic rings. The summed E-state index contributed by atoms with van der Waals surface area (Å²) in [7, 11) is 0. The van der Waals surface area contributed by atoms with Gasteiger partial charge in [0.15, 0.2) is 0 Å². The van der Waals surface area contributed by atoms with Crippen LogP contribution in [0.15, 0.2) is 12.2 Å². The van der Waals surface area contributed by atoms with E-state index in [1.165, 1.54) is 6.92 Å². The van der Waals surface area contributed by atoms with E-state index in [4.69, 9.17) is 9.47 Å². The van der Waals surface area contributed by atoms with Crippen LogP contribution < -0.4 is 0 Å². The Bertz CT molecular complexity index is 317. The molecule has 5 nitrogen and oxygen atoms in total. The number of hydrogen-bond acceptors (Lipinski definition) is 5. The zero-order chi connectivity index (χ0) is 13.4. The molecule has 0 heterocycles. The van der Waals surface area contributed by atoms with Crippen LogP contribution in [0.5, 0.6) is 0 Å². The van der Waals surface area contributed by atoms with Gasteiger partial charge in [-0.05, 0) is 6.92 Å². The number of esters is 2. The fraction of sp³-hybridized carbons (Fsp3) is 0.583. The highest BCUT2D eigenvalue weighted by atomic mass is 16.6. The van der Waals surface area contributed by atoms with Gasteiger partial charge in [-0.2, -0.15) is 0 Å². The topological polar surface area (TPSA) is 69.7 Å². The number of rotatable bonds is 7. The van der Waals surface area contributed by atoms with E-state index in [-0.39, 0.29) is 36.9 Å². The number of ketones is 1. The van der Waals surface area contributed by atoms with Gasteiger partial charge in [0, 0.05) is 11.5 Å². The third-order valence-corrected chi connectivity index (χ3v) is 1.89. The van der Waals surface area contributed by atoms with Gasteiger partial charge in [0.1, 0.15) is 25.4 Å². The van der Waals surface area contributed by atoms with E-state index in [1.807, 2.05) is 0 Å². The molecule has 0 aliphatic heterocycles. The SMILES string of the molecule is C=C(C)C(=O)OCCOC(=O)CC(=O)C(C)C. The van der Waals surface area contributed by atoms with Crippen molar-refractivity contribution in [3.05, 3.63) is 12.2 Å². The van der Waals surface area contributed by atoms with Crippen LogP contribution in [0.25, 0.3) is 0 Å². The molecule has 0 aliphatic rings.